The molecule has 2 N–H and O–H groups in total. The van der Waals surface area contributed by atoms with Crippen LogP contribution in [0.25, 0.3) is 0 Å². The van der Waals surface area contributed by atoms with E-state index in [1.807, 2.05) is 6.07 Å². The molecule has 5 rings (SSSR count). The van der Waals surface area contributed by atoms with E-state index in [1.165, 1.54) is 16.8 Å². The lowest BCUT2D eigenvalue weighted by Crippen LogP contribution is -2.72. The number of allylic oxidation sites excluding steroid dienone is 3. The molecule has 2 aliphatic carbocycles. The minimum Gasteiger partial charge on any atom is -0.508 e. The molecular weight excluding hydrogens is 336 g/mol. The number of phenols is 1. The Morgan fingerprint density at radius 3 is 2.85 bits per heavy atom. The van der Waals surface area contributed by atoms with Crippen LogP contribution in [0.3, 0.4) is 0 Å². The van der Waals surface area contributed by atoms with Gasteiger partial charge < -0.3 is 20.0 Å². The molecule has 0 unspecified atom stereocenters. The van der Waals surface area contributed by atoms with Crippen molar-refractivity contribution < 1.29 is 10.2 Å². The van der Waals surface area contributed by atoms with Gasteiger partial charge in [-0.3, -0.25) is 0 Å². The third-order valence-corrected chi connectivity index (χ3v) is 7.59. The van der Waals surface area contributed by atoms with E-state index < -0.39 is 5.60 Å². The molecule has 1 aromatic rings. The number of fused-ring (bicyclic) bond motifs is 1. The van der Waals surface area contributed by atoms with Gasteiger partial charge in [-0.2, -0.15) is 0 Å². The van der Waals surface area contributed by atoms with E-state index in [1.54, 1.807) is 6.07 Å². The van der Waals surface area contributed by atoms with Crippen LogP contribution in [0.2, 0.25) is 0 Å². The number of phenolic OH excluding ortho intramolecular Hbond substituents is 1. The summed E-state index contributed by atoms with van der Waals surface area (Å²) in [7, 11) is 2.14. The lowest BCUT2D eigenvalue weighted by molar-refractivity contribution is -0.146. The van der Waals surface area contributed by atoms with Crippen molar-refractivity contribution >= 4 is 0 Å². The predicted molar refractivity (Wildman–Crippen MR) is 106 cm³/mol. The first-order chi connectivity index (χ1) is 12.9. The standard InChI is InChI=1S/C23H28N2O2/c1-4-25-15(2)5-6-17-13-23(27)21-11-16-7-8-18(26)12-19(16)22(23,14-20(17)25)9-10-24(21)3/h5-8,12,21,26-27H,2,4,9-11,13-14H2,1,3H3/t21-,22-,23-/m1/s1. The van der Waals surface area contributed by atoms with Crippen molar-refractivity contribution in [3.8, 4) is 5.75 Å². The van der Waals surface area contributed by atoms with Crippen molar-refractivity contribution in [2.24, 2.45) is 0 Å². The fourth-order valence-corrected chi connectivity index (χ4v) is 6.21. The van der Waals surface area contributed by atoms with Crippen molar-refractivity contribution in [1.82, 2.24) is 9.80 Å². The van der Waals surface area contributed by atoms with Gasteiger partial charge in [0.05, 0.1) is 5.60 Å². The number of hydrogen-bond donors (Lipinski definition) is 2. The highest BCUT2D eigenvalue weighted by atomic mass is 16.3. The minimum absolute atomic E-state index is 0.103. The molecule has 0 aromatic heterocycles. The number of nitrogens with zero attached hydrogens (tertiary/aromatic N) is 2. The summed E-state index contributed by atoms with van der Waals surface area (Å²) in [5.41, 5.74) is 4.81. The number of likely N-dealkylation sites (N-methyl/N-ethyl adjacent to an activating group) is 2. The third kappa shape index (κ3) is 2.06. The first kappa shape index (κ1) is 17.1. The summed E-state index contributed by atoms with van der Waals surface area (Å²) in [6, 6.07) is 5.86. The van der Waals surface area contributed by atoms with E-state index in [0.717, 1.165) is 43.6 Å². The second kappa shape index (κ2) is 5.49. The molecule has 4 aliphatic rings. The summed E-state index contributed by atoms with van der Waals surface area (Å²) in [5, 5.41) is 22.4. The third-order valence-electron chi connectivity index (χ3n) is 7.59. The Kier molecular flexibility index (Phi) is 3.47. The van der Waals surface area contributed by atoms with E-state index in [0.29, 0.717) is 12.2 Å². The molecule has 3 atom stereocenters. The summed E-state index contributed by atoms with van der Waals surface area (Å²) in [4.78, 5) is 4.64. The Hall–Kier alpha value is -2.04. The van der Waals surface area contributed by atoms with Gasteiger partial charge in [0.25, 0.3) is 0 Å². The maximum atomic E-state index is 12.2. The van der Waals surface area contributed by atoms with Crippen LogP contribution in [0.1, 0.15) is 37.3 Å². The van der Waals surface area contributed by atoms with Gasteiger partial charge in [-0.15, -0.1) is 0 Å². The molecular formula is C23H28N2O2. The molecule has 2 aliphatic heterocycles. The van der Waals surface area contributed by atoms with Crippen molar-refractivity contribution in [2.45, 2.75) is 49.7 Å². The highest BCUT2D eigenvalue weighted by Crippen LogP contribution is 2.60. The van der Waals surface area contributed by atoms with Crippen LogP contribution in [0.4, 0.5) is 0 Å². The molecule has 1 fully saturated rings. The van der Waals surface area contributed by atoms with Crippen LogP contribution >= 0.6 is 0 Å². The van der Waals surface area contributed by atoms with Gasteiger partial charge in [0.1, 0.15) is 5.75 Å². The molecule has 2 heterocycles. The quantitative estimate of drug-likeness (QED) is 0.804. The molecule has 0 spiro atoms. The molecule has 1 aromatic carbocycles. The highest BCUT2D eigenvalue weighted by Gasteiger charge is 2.64. The zero-order valence-electron chi connectivity index (χ0n) is 16.2. The van der Waals surface area contributed by atoms with Crippen LogP contribution < -0.4 is 0 Å². The fourth-order valence-electron chi connectivity index (χ4n) is 6.21. The number of likely N-dealkylation sites (tertiary alicyclic amines) is 1. The maximum Gasteiger partial charge on any atom is 0.115 e. The van der Waals surface area contributed by atoms with E-state index in [-0.39, 0.29) is 11.5 Å². The summed E-state index contributed by atoms with van der Waals surface area (Å²) in [6.07, 6.45) is 7.43. The Labute approximate surface area is 161 Å². The van der Waals surface area contributed by atoms with Crippen molar-refractivity contribution in [3.63, 3.8) is 0 Å². The zero-order chi connectivity index (χ0) is 19.0. The second-order valence-electron chi connectivity index (χ2n) is 8.69. The molecule has 27 heavy (non-hydrogen) atoms. The number of benzene rings is 1. The van der Waals surface area contributed by atoms with Gasteiger partial charge in [0, 0.05) is 42.2 Å². The lowest BCUT2D eigenvalue weighted by atomic mass is 9.49. The first-order valence-corrected chi connectivity index (χ1v) is 10.0. The average molecular weight is 364 g/mol. The molecule has 0 saturated carbocycles. The van der Waals surface area contributed by atoms with Gasteiger partial charge in [0.15, 0.2) is 0 Å². The van der Waals surface area contributed by atoms with E-state index in [4.69, 9.17) is 0 Å². The average Bonchev–Trinajstić information content (AvgIpc) is 2.64. The number of piperidine rings is 1. The van der Waals surface area contributed by atoms with Crippen LogP contribution in [-0.2, 0) is 11.8 Å². The molecule has 2 bridgehead atoms. The second-order valence-corrected chi connectivity index (χ2v) is 8.69. The van der Waals surface area contributed by atoms with Gasteiger partial charge >= 0.3 is 0 Å². The van der Waals surface area contributed by atoms with Gasteiger partial charge in [0.2, 0.25) is 0 Å². The Bertz CT molecular complexity index is 902. The van der Waals surface area contributed by atoms with E-state index in [2.05, 4.69) is 48.6 Å². The van der Waals surface area contributed by atoms with Crippen LogP contribution in [0, 0.1) is 0 Å². The number of aromatic hydroxyl groups is 1. The normalized spacial score (nSPS) is 35.0. The molecule has 4 heteroatoms. The summed E-state index contributed by atoms with van der Waals surface area (Å²) in [6.45, 7) is 8.23. The summed E-state index contributed by atoms with van der Waals surface area (Å²) >= 11 is 0. The SMILES string of the molecule is C=C1C=CC2=C(C[C@]34CCN(C)[C@H](Cc5ccc(O)cc53)[C@]4(O)C2)N1CC. The van der Waals surface area contributed by atoms with Gasteiger partial charge in [-0.25, -0.2) is 0 Å². The smallest absolute Gasteiger partial charge is 0.115 e. The summed E-state index contributed by atoms with van der Waals surface area (Å²) in [5.74, 6) is 0.294. The number of rotatable bonds is 1. The molecule has 0 amide bonds. The highest BCUT2D eigenvalue weighted by molar-refractivity contribution is 5.53. The van der Waals surface area contributed by atoms with Crippen LogP contribution in [0.5, 0.6) is 5.75 Å². The van der Waals surface area contributed by atoms with Crippen molar-refractivity contribution in [3.05, 3.63) is 65.0 Å². The lowest BCUT2D eigenvalue weighted by Gasteiger charge is -2.64. The molecule has 142 valence electrons. The van der Waals surface area contributed by atoms with Gasteiger partial charge in [-0.1, -0.05) is 18.7 Å². The fraction of sp³-hybridized carbons (Fsp3) is 0.478. The number of aliphatic hydroxyl groups is 1. The Morgan fingerprint density at radius 2 is 2.07 bits per heavy atom. The maximum absolute atomic E-state index is 12.2. The molecule has 4 nitrogen and oxygen atoms in total. The van der Waals surface area contributed by atoms with E-state index in [9.17, 15) is 10.2 Å². The minimum atomic E-state index is -0.817. The zero-order valence-corrected chi connectivity index (χ0v) is 16.2. The van der Waals surface area contributed by atoms with Crippen LogP contribution in [-0.4, -0.2) is 51.8 Å². The molecule has 0 radical (unpaired) electrons. The van der Waals surface area contributed by atoms with Crippen LogP contribution in [0.15, 0.2) is 53.9 Å². The van der Waals surface area contributed by atoms with Crippen molar-refractivity contribution in [2.75, 3.05) is 20.1 Å². The topological polar surface area (TPSA) is 46.9 Å². The van der Waals surface area contributed by atoms with Gasteiger partial charge in [-0.05, 0) is 68.3 Å². The number of hydrogen-bond acceptors (Lipinski definition) is 4. The Balaban J connectivity index is 1.75. The monoisotopic (exact) mass is 364 g/mol. The Morgan fingerprint density at radius 1 is 1.26 bits per heavy atom. The predicted octanol–water partition coefficient (Wildman–Crippen LogP) is 3.07. The van der Waals surface area contributed by atoms with E-state index >= 15 is 0 Å². The largest absolute Gasteiger partial charge is 0.508 e. The molecule has 1 saturated heterocycles. The summed E-state index contributed by atoms with van der Waals surface area (Å²) < 4.78 is 0. The van der Waals surface area contributed by atoms with Crippen molar-refractivity contribution in [1.29, 1.82) is 0 Å². The first-order valence-electron chi connectivity index (χ1n) is 10.0.